The summed E-state index contributed by atoms with van der Waals surface area (Å²) < 4.78 is 1.05. The molecular formula is C13H15N3O3. The van der Waals surface area contributed by atoms with Gasteiger partial charge in [-0.15, -0.1) is 5.10 Å². The fourth-order valence-corrected chi connectivity index (χ4v) is 1.78. The lowest BCUT2D eigenvalue weighted by Crippen LogP contribution is -2.15. The first-order chi connectivity index (χ1) is 9.11. The second-order valence-corrected chi connectivity index (χ2v) is 4.27. The Hall–Kier alpha value is -2.37. The van der Waals surface area contributed by atoms with Gasteiger partial charge in [0.05, 0.1) is 5.69 Å². The number of nitrogens with zero attached hydrogens (tertiary/aromatic N) is 2. The molecule has 0 aliphatic heterocycles. The van der Waals surface area contributed by atoms with Crippen LogP contribution < -0.4 is 5.69 Å². The third-order valence-corrected chi connectivity index (χ3v) is 2.82. The maximum absolute atomic E-state index is 11.6. The van der Waals surface area contributed by atoms with Gasteiger partial charge in [0.15, 0.2) is 0 Å². The lowest BCUT2D eigenvalue weighted by molar-refractivity contribution is 0.0683. The number of benzene rings is 1. The summed E-state index contributed by atoms with van der Waals surface area (Å²) in [5.41, 5.74) is 1.18. The lowest BCUT2D eigenvalue weighted by atomic mass is 10.1. The minimum absolute atomic E-state index is 0.361. The van der Waals surface area contributed by atoms with Crippen molar-refractivity contribution in [3.8, 4) is 5.69 Å². The Labute approximate surface area is 109 Å². The number of aromatic carboxylic acids is 1. The Kier molecular flexibility index (Phi) is 3.79. The van der Waals surface area contributed by atoms with Crippen molar-refractivity contribution in [3.05, 3.63) is 46.1 Å². The summed E-state index contributed by atoms with van der Waals surface area (Å²) in [4.78, 5) is 24.5. The number of aryl methyl sites for hydroxylation is 1. The van der Waals surface area contributed by atoms with Gasteiger partial charge in [0.25, 0.3) is 0 Å². The van der Waals surface area contributed by atoms with Crippen molar-refractivity contribution in [1.82, 2.24) is 14.8 Å². The Bertz CT molecular complexity index is 625. The maximum atomic E-state index is 11.6. The van der Waals surface area contributed by atoms with E-state index < -0.39 is 11.7 Å². The van der Waals surface area contributed by atoms with Crippen LogP contribution in [0.3, 0.4) is 0 Å². The monoisotopic (exact) mass is 261 g/mol. The molecule has 0 saturated heterocycles. The SMILES string of the molecule is CCCCc1ccc(-n2nc(C(=O)O)[nH]c2=O)cc1. The van der Waals surface area contributed by atoms with Crippen LogP contribution in [0.4, 0.5) is 0 Å². The second-order valence-electron chi connectivity index (χ2n) is 4.27. The zero-order valence-corrected chi connectivity index (χ0v) is 10.6. The summed E-state index contributed by atoms with van der Waals surface area (Å²) in [6.07, 6.45) is 3.24. The van der Waals surface area contributed by atoms with Gasteiger partial charge in [-0.05, 0) is 30.5 Å². The van der Waals surface area contributed by atoms with Crippen molar-refractivity contribution in [3.63, 3.8) is 0 Å². The standard InChI is InChI=1S/C13H15N3O3/c1-2-3-4-9-5-7-10(8-6-9)16-13(19)14-11(15-16)12(17)18/h5-8H,2-4H2,1H3,(H,17,18)(H,14,15,19). The van der Waals surface area contributed by atoms with Crippen LogP contribution in [-0.2, 0) is 6.42 Å². The molecular weight excluding hydrogens is 246 g/mol. The highest BCUT2D eigenvalue weighted by Crippen LogP contribution is 2.09. The van der Waals surface area contributed by atoms with E-state index in [2.05, 4.69) is 17.0 Å². The number of carboxylic acids is 1. The number of aromatic nitrogens is 3. The topological polar surface area (TPSA) is 88.0 Å². The van der Waals surface area contributed by atoms with Crippen molar-refractivity contribution in [2.75, 3.05) is 0 Å². The Morgan fingerprint density at radius 3 is 2.58 bits per heavy atom. The van der Waals surface area contributed by atoms with Gasteiger partial charge >= 0.3 is 11.7 Å². The average Bonchev–Trinajstić information content (AvgIpc) is 2.79. The summed E-state index contributed by atoms with van der Waals surface area (Å²) in [6, 6.07) is 7.37. The number of aromatic amines is 1. The summed E-state index contributed by atoms with van der Waals surface area (Å²) >= 11 is 0. The first-order valence-corrected chi connectivity index (χ1v) is 6.13. The smallest absolute Gasteiger partial charge is 0.373 e. The molecule has 0 fully saturated rings. The molecule has 100 valence electrons. The zero-order valence-electron chi connectivity index (χ0n) is 10.6. The van der Waals surface area contributed by atoms with Crippen molar-refractivity contribution in [1.29, 1.82) is 0 Å². The van der Waals surface area contributed by atoms with Gasteiger partial charge in [-0.25, -0.2) is 9.59 Å². The first kappa shape index (κ1) is 13.1. The van der Waals surface area contributed by atoms with Gasteiger partial charge in [0.2, 0.25) is 5.82 Å². The van der Waals surface area contributed by atoms with Crippen LogP contribution >= 0.6 is 0 Å². The van der Waals surface area contributed by atoms with Gasteiger partial charge in [-0.2, -0.15) is 4.68 Å². The molecule has 0 amide bonds. The summed E-state index contributed by atoms with van der Waals surface area (Å²) in [6.45, 7) is 2.13. The molecule has 0 unspecified atom stereocenters. The van der Waals surface area contributed by atoms with Gasteiger partial charge in [-0.1, -0.05) is 25.5 Å². The molecule has 0 bridgehead atoms. The average molecular weight is 261 g/mol. The molecule has 6 heteroatoms. The number of unbranched alkanes of at least 4 members (excludes halogenated alkanes) is 1. The molecule has 6 nitrogen and oxygen atoms in total. The molecule has 19 heavy (non-hydrogen) atoms. The van der Waals surface area contributed by atoms with Crippen LogP contribution in [0, 0.1) is 0 Å². The quantitative estimate of drug-likeness (QED) is 0.855. The largest absolute Gasteiger partial charge is 0.475 e. The van der Waals surface area contributed by atoms with E-state index in [0.29, 0.717) is 5.69 Å². The Balaban J connectivity index is 2.27. The molecule has 0 atom stereocenters. The van der Waals surface area contributed by atoms with E-state index in [4.69, 9.17) is 5.11 Å². The molecule has 1 heterocycles. The van der Waals surface area contributed by atoms with Crippen LogP contribution in [0.15, 0.2) is 29.1 Å². The van der Waals surface area contributed by atoms with E-state index in [9.17, 15) is 9.59 Å². The molecule has 0 aliphatic carbocycles. The van der Waals surface area contributed by atoms with Crippen molar-refractivity contribution >= 4 is 5.97 Å². The number of carboxylic acid groups (broad SMARTS) is 1. The zero-order chi connectivity index (χ0) is 13.8. The summed E-state index contributed by atoms with van der Waals surface area (Å²) in [5, 5.41) is 12.5. The van der Waals surface area contributed by atoms with Gasteiger partial charge in [-0.3, -0.25) is 4.98 Å². The third-order valence-electron chi connectivity index (χ3n) is 2.82. The molecule has 2 aromatic rings. The molecule has 0 aliphatic rings. The molecule has 1 aromatic heterocycles. The second kappa shape index (κ2) is 5.51. The van der Waals surface area contributed by atoms with Crippen molar-refractivity contribution in [2.45, 2.75) is 26.2 Å². The van der Waals surface area contributed by atoms with Crippen LogP contribution in [0.1, 0.15) is 35.9 Å². The van der Waals surface area contributed by atoms with Crippen LogP contribution in [0.25, 0.3) is 5.69 Å². The van der Waals surface area contributed by atoms with Gasteiger partial charge < -0.3 is 5.11 Å². The van der Waals surface area contributed by atoms with E-state index in [0.717, 1.165) is 23.9 Å². The number of hydrogen-bond donors (Lipinski definition) is 2. The molecule has 0 spiro atoms. The maximum Gasteiger partial charge on any atom is 0.373 e. The van der Waals surface area contributed by atoms with Gasteiger partial charge in [0.1, 0.15) is 0 Å². The third kappa shape index (κ3) is 2.90. The minimum Gasteiger partial charge on any atom is -0.475 e. The molecule has 0 saturated carbocycles. The number of rotatable bonds is 5. The van der Waals surface area contributed by atoms with E-state index in [1.165, 1.54) is 5.56 Å². The van der Waals surface area contributed by atoms with Crippen molar-refractivity contribution < 1.29 is 9.90 Å². The first-order valence-electron chi connectivity index (χ1n) is 6.13. The fourth-order valence-electron chi connectivity index (χ4n) is 1.78. The molecule has 2 N–H and O–H groups in total. The fraction of sp³-hybridized carbons (Fsp3) is 0.308. The highest BCUT2D eigenvalue weighted by molar-refractivity contribution is 5.82. The highest BCUT2D eigenvalue weighted by atomic mass is 16.4. The predicted molar refractivity (Wildman–Crippen MR) is 69.8 cm³/mol. The highest BCUT2D eigenvalue weighted by Gasteiger charge is 2.12. The van der Waals surface area contributed by atoms with E-state index in [-0.39, 0.29) is 5.82 Å². The summed E-state index contributed by atoms with van der Waals surface area (Å²) in [5.74, 6) is -1.62. The van der Waals surface area contributed by atoms with Gasteiger partial charge in [0, 0.05) is 0 Å². The van der Waals surface area contributed by atoms with Crippen LogP contribution in [0.2, 0.25) is 0 Å². The van der Waals surface area contributed by atoms with E-state index >= 15 is 0 Å². The minimum atomic E-state index is -1.25. The van der Waals surface area contributed by atoms with Crippen molar-refractivity contribution in [2.24, 2.45) is 0 Å². The Morgan fingerprint density at radius 1 is 1.37 bits per heavy atom. The number of carbonyl (C=O) groups is 1. The van der Waals surface area contributed by atoms with E-state index in [1.807, 2.05) is 12.1 Å². The molecule has 2 rings (SSSR count). The van der Waals surface area contributed by atoms with E-state index in [1.54, 1.807) is 12.1 Å². The Morgan fingerprint density at radius 2 is 2.05 bits per heavy atom. The molecule has 0 radical (unpaired) electrons. The number of nitrogens with one attached hydrogen (secondary N) is 1. The van der Waals surface area contributed by atoms with Crippen LogP contribution in [-0.4, -0.2) is 25.8 Å². The normalized spacial score (nSPS) is 10.6. The molecule has 1 aromatic carbocycles. The lowest BCUT2D eigenvalue weighted by Gasteiger charge is -2.02. The summed E-state index contributed by atoms with van der Waals surface area (Å²) in [7, 11) is 0. The number of hydrogen-bond acceptors (Lipinski definition) is 3. The number of H-pyrrole nitrogens is 1. The van der Waals surface area contributed by atoms with Crippen LogP contribution in [0.5, 0.6) is 0 Å². The predicted octanol–water partition coefficient (Wildman–Crippen LogP) is 1.60.